The van der Waals surface area contributed by atoms with E-state index in [0.29, 0.717) is 12.2 Å². The summed E-state index contributed by atoms with van der Waals surface area (Å²) in [6.07, 6.45) is 1.79. The first-order chi connectivity index (χ1) is 9.54. The number of benzene rings is 1. The van der Waals surface area contributed by atoms with Gasteiger partial charge in [0.25, 0.3) is 0 Å². The molecule has 4 N–H and O–H groups in total. The Labute approximate surface area is 120 Å². The highest BCUT2D eigenvalue weighted by Crippen LogP contribution is 2.21. The molecule has 0 aliphatic rings. The van der Waals surface area contributed by atoms with Gasteiger partial charge in [0.2, 0.25) is 0 Å². The third-order valence-corrected chi connectivity index (χ3v) is 3.22. The smallest absolute Gasteiger partial charge is 0.339 e. The van der Waals surface area contributed by atoms with E-state index in [9.17, 15) is 14.7 Å². The molecule has 0 atom stereocenters. The summed E-state index contributed by atoms with van der Waals surface area (Å²) in [6.45, 7) is 4.09. The van der Waals surface area contributed by atoms with E-state index in [1.165, 1.54) is 18.2 Å². The molecule has 7 heteroatoms. The van der Waals surface area contributed by atoms with Crippen LogP contribution in [0.5, 0.6) is 5.75 Å². The summed E-state index contributed by atoms with van der Waals surface area (Å²) in [4.78, 5) is 22.2. The van der Waals surface area contributed by atoms with Crippen molar-refractivity contribution in [3.63, 3.8) is 0 Å². The van der Waals surface area contributed by atoms with Crippen LogP contribution in [0.3, 0.4) is 0 Å². The fraction of sp³-hybridized carbons (Fsp3) is 0.231. The molecule has 1 aromatic rings. The average molecular weight is 296 g/mol. The number of aromatic hydroxyl groups is 1. The zero-order valence-electron chi connectivity index (χ0n) is 10.8. The van der Waals surface area contributed by atoms with Gasteiger partial charge in [-0.3, -0.25) is 0 Å². The minimum atomic E-state index is -1.22. The number of amides is 2. The Morgan fingerprint density at radius 1 is 1.40 bits per heavy atom. The summed E-state index contributed by atoms with van der Waals surface area (Å²) in [5.74, 6) is -0.0224. The lowest BCUT2D eigenvalue weighted by Crippen LogP contribution is -2.30. The molecular formula is C13H16N2O4S. The lowest BCUT2D eigenvalue weighted by molar-refractivity contribution is 0.0694. The molecule has 20 heavy (non-hydrogen) atoms. The first-order valence-corrected chi connectivity index (χ1v) is 7.00. The number of anilines is 1. The van der Waals surface area contributed by atoms with E-state index >= 15 is 0 Å². The SMILES string of the molecule is C=CCSCCNC(=O)Nc1ccc(C(=O)O)c(O)c1. The zero-order valence-corrected chi connectivity index (χ0v) is 11.6. The van der Waals surface area contributed by atoms with Crippen LogP contribution in [-0.2, 0) is 0 Å². The molecule has 0 aliphatic heterocycles. The second-order valence-electron chi connectivity index (χ2n) is 3.78. The lowest BCUT2D eigenvalue weighted by atomic mass is 10.2. The third-order valence-electron chi connectivity index (χ3n) is 2.25. The Kier molecular flexibility index (Phi) is 6.45. The van der Waals surface area contributed by atoms with Crippen LogP contribution >= 0.6 is 11.8 Å². The van der Waals surface area contributed by atoms with Gasteiger partial charge in [0.15, 0.2) is 0 Å². The van der Waals surface area contributed by atoms with E-state index in [4.69, 9.17) is 5.11 Å². The van der Waals surface area contributed by atoms with Crippen molar-refractivity contribution in [3.8, 4) is 5.75 Å². The van der Waals surface area contributed by atoms with Crippen molar-refractivity contribution < 1.29 is 19.8 Å². The number of nitrogens with one attached hydrogen (secondary N) is 2. The molecule has 0 saturated heterocycles. The molecule has 1 rings (SSSR count). The fourth-order valence-corrected chi connectivity index (χ4v) is 1.95. The van der Waals surface area contributed by atoms with Crippen molar-refractivity contribution >= 4 is 29.4 Å². The molecule has 0 bridgehead atoms. The van der Waals surface area contributed by atoms with Crippen molar-refractivity contribution in [2.24, 2.45) is 0 Å². The Bertz CT molecular complexity index is 505. The van der Waals surface area contributed by atoms with Crippen LogP contribution in [0.1, 0.15) is 10.4 Å². The summed E-state index contributed by atoms with van der Waals surface area (Å²) >= 11 is 1.64. The number of urea groups is 1. The maximum Gasteiger partial charge on any atom is 0.339 e. The molecule has 0 radical (unpaired) electrons. The van der Waals surface area contributed by atoms with Crippen LogP contribution in [-0.4, -0.2) is 40.3 Å². The minimum Gasteiger partial charge on any atom is -0.507 e. The highest BCUT2D eigenvalue weighted by molar-refractivity contribution is 7.99. The molecule has 0 fully saturated rings. The van der Waals surface area contributed by atoms with Crippen LogP contribution in [0, 0.1) is 0 Å². The lowest BCUT2D eigenvalue weighted by Gasteiger charge is -2.08. The molecule has 1 aromatic carbocycles. The number of carbonyl (C=O) groups excluding carboxylic acids is 1. The van der Waals surface area contributed by atoms with Crippen LogP contribution in [0.2, 0.25) is 0 Å². The van der Waals surface area contributed by atoms with E-state index in [2.05, 4.69) is 17.2 Å². The largest absolute Gasteiger partial charge is 0.507 e. The van der Waals surface area contributed by atoms with Crippen molar-refractivity contribution in [2.45, 2.75) is 0 Å². The molecule has 0 saturated carbocycles. The Morgan fingerprint density at radius 2 is 2.15 bits per heavy atom. The van der Waals surface area contributed by atoms with E-state index < -0.39 is 17.7 Å². The van der Waals surface area contributed by atoms with Gasteiger partial charge in [0, 0.05) is 29.8 Å². The quantitative estimate of drug-likeness (QED) is 0.456. The van der Waals surface area contributed by atoms with E-state index in [1.807, 2.05) is 0 Å². The maximum atomic E-state index is 11.5. The van der Waals surface area contributed by atoms with Crippen molar-refractivity contribution in [3.05, 3.63) is 36.4 Å². The van der Waals surface area contributed by atoms with Gasteiger partial charge in [0.1, 0.15) is 11.3 Å². The molecular weight excluding hydrogens is 280 g/mol. The highest BCUT2D eigenvalue weighted by atomic mass is 32.2. The molecule has 0 aliphatic carbocycles. The minimum absolute atomic E-state index is 0.211. The molecule has 0 unspecified atom stereocenters. The Morgan fingerprint density at radius 3 is 2.75 bits per heavy atom. The molecule has 2 amide bonds. The molecule has 0 heterocycles. The van der Waals surface area contributed by atoms with Crippen LogP contribution < -0.4 is 10.6 Å². The van der Waals surface area contributed by atoms with E-state index in [1.54, 1.807) is 17.8 Å². The van der Waals surface area contributed by atoms with Crippen molar-refractivity contribution in [1.29, 1.82) is 0 Å². The second-order valence-corrected chi connectivity index (χ2v) is 4.93. The molecule has 0 aromatic heterocycles. The Balaban J connectivity index is 2.44. The standard InChI is InChI=1S/C13H16N2O4S/c1-2-6-20-7-5-14-13(19)15-9-3-4-10(12(17)18)11(16)8-9/h2-4,8,16H,1,5-7H2,(H,17,18)(H2,14,15,19). The predicted octanol–water partition coefficient (Wildman–Crippen LogP) is 2.13. The zero-order chi connectivity index (χ0) is 15.0. The summed E-state index contributed by atoms with van der Waals surface area (Å²) in [6, 6.07) is 3.42. The predicted molar refractivity (Wildman–Crippen MR) is 79.6 cm³/mol. The summed E-state index contributed by atoms with van der Waals surface area (Å²) in [5, 5.41) is 23.4. The van der Waals surface area contributed by atoms with Crippen molar-refractivity contribution in [1.82, 2.24) is 5.32 Å². The van der Waals surface area contributed by atoms with Gasteiger partial charge in [0.05, 0.1) is 0 Å². The normalized spacial score (nSPS) is 9.80. The second kappa shape index (κ2) is 8.11. The Hall–Kier alpha value is -2.15. The van der Waals surface area contributed by atoms with Crippen LogP contribution in [0.15, 0.2) is 30.9 Å². The number of aromatic carboxylic acids is 1. The molecule has 0 spiro atoms. The topological polar surface area (TPSA) is 98.7 Å². The first kappa shape index (κ1) is 15.9. The van der Waals surface area contributed by atoms with Crippen molar-refractivity contribution in [2.75, 3.05) is 23.4 Å². The maximum absolute atomic E-state index is 11.5. The fourth-order valence-electron chi connectivity index (χ4n) is 1.37. The summed E-state index contributed by atoms with van der Waals surface area (Å²) in [7, 11) is 0. The number of hydrogen-bond donors (Lipinski definition) is 4. The molecule has 6 nitrogen and oxygen atoms in total. The monoisotopic (exact) mass is 296 g/mol. The van der Waals surface area contributed by atoms with E-state index in [0.717, 1.165) is 11.5 Å². The van der Waals surface area contributed by atoms with Gasteiger partial charge in [-0.1, -0.05) is 6.08 Å². The van der Waals surface area contributed by atoms with Crippen LogP contribution in [0.4, 0.5) is 10.5 Å². The van der Waals surface area contributed by atoms with Gasteiger partial charge in [-0.2, -0.15) is 11.8 Å². The molecule has 108 valence electrons. The number of thioether (sulfide) groups is 1. The van der Waals surface area contributed by atoms with Gasteiger partial charge in [-0.15, -0.1) is 6.58 Å². The number of carboxylic acid groups (broad SMARTS) is 1. The van der Waals surface area contributed by atoms with Gasteiger partial charge in [-0.05, 0) is 12.1 Å². The van der Waals surface area contributed by atoms with Gasteiger partial charge >= 0.3 is 12.0 Å². The van der Waals surface area contributed by atoms with E-state index in [-0.39, 0.29) is 5.56 Å². The van der Waals surface area contributed by atoms with Crippen LogP contribution in [0.25, 0.3) is 0 Å². The number of carboxylic acids is 1. The summed E-state index contributed by atoms with van der Waals surface area (Å²) in [5.41, 5.74) is 0.112. The average Bonchev–Trinajstić information content (AvgIpc) is 2.38. The highest BCUT2D eigenvalue weighted by Gasteiger charge is 2.10. The van der Waals surface area contributed by atoms with Gasteiger partial charge in [-0.25, -0.2) is 9.59 Å². The first-order valence-electron chi connectivity index (χ1n) is 5.84. The van der Waals surface area contributed by atoms with Gasteiger partial charge < -0.3 is 20.8 Å². The number of hydrogen-bond acceptors (Lipinski definition) is 4. The number of carbonyl (C=O) groups is 2. The third kappa shape index (κ3) is 5.23. The number of phenols is 1. The number of rotatable bonds is 7. The summed E-state index contributed by atoms with van der Waals surface area (Å²) < 4.78 is 0.